The first-order valence-electron chi connectivity index (χ1n) is 10.1. The second kappa shape index (κ2) is 11.5. The fourth-order valence-electron chi connectivity index (χ4n) is 2.97. The Kier molecular flexibility index (Phi) is 8.51. The largest absolute Gasteiger partial charge is 0.493 e. The van der Waals surface area contributed by atoms with E-state index in [9.17, 15) is 9.59 Å². The van der Waals surface area contributed by atoms with Gasteiger partial charge in [-0.05, 0) is 67.4 Å². The first kappa shape index (κ1) is 25.1. The van der Waals surface area contributed by atoms with Gasteiger partial charge in [0.2, 0.25) is 0 Å². The number of hydrazone groups is 1. The van der Waals surface area contributed by atoms with Crippen molar-refractivity contribution in [2.75, 3.05) is 13.7 Å². The molecule has 176 valence electrons. The Bertz CT molecular complexity index is 1240. The van der Waals surface area contributed by atoms with Crippen molar-refractivity contribution in [2.24, 2.45) is 5.10 Å². The minimum Gasteiger partial charge on any atom is -0.493 e. The summed E-state index contributed by atoms with van der Waals surface area (Å²) in [7, 11) is 1.44. The number of halogens is 2. The number of benzene rings is 3. The number of nitrogens with zero attached hydrogens (tertiary/aromatic N) is 1. The number of ether oxygens (including phenoxy) is 3. The van der Waals surface area contributed by atoms with Gasteiger partial charge >= 0.3 is 5.97 Å². The van der Waals surface area contributed by atoms with E-state index in [0.29, 0.717) is 22.1 Å². The molecule has 0 unspecified atom stereocenters. The van der Waals surface area contributed by atoms with E-state index < -0.39 is 11.9 Å². The van der Waals surface area contributed by atoms with Crippen molar-refractivity contribution in [3.05, 3.63) is 86.9 Å². The molecule has 0 fully saturated rings. The maximum atomic E-state index is 12.5. The minimum absolute atomic E-state index is 0.171. The van der Waals surface area contributed by atoms with Gasteiger partial charge in [0.05, 0.1) is 23.9 Å². The highest BCUT2D eigenvalue weighted by Gasteiger charge is 2.16. The summed E-state index contributed by atoms with van der Waals surface area (Å²) >= 11 is 11.9. The van der Waals surface area contributed by atoms with Crippen molar-refractivity contribution < 1.29 is 23.8 Å². The number of hydrogen-bond acceptors (Lipinski definition) is 6. The summed E-state index contributed by atoms with van der Waals surface area (Å²) in [6.07, 6.45) is 1.43. The Labute approximate surface area is 207 Å². The van der Waals surface area contributed by atoms with E-state index in [1.807, 2.05) is 32.0 Å². The lowest BCUT2D eigenvalue weighted by atomic mass is 10.1. The molecule has 0 radical (unpaired) electrons. The van der Waals surface area contributed by atoms with Gasteiger partial charge in [0.1, 0.15) is 5.75 Å². The van der Waals surface area contributed by atoms with Crippen molar-refractivity contribution in [1.29, 1.82) is 0 Å². The molecule has 3 aromatic rings. The monoisotopic (exact) mass is 500 g/mol. The van der Waals surface area contributed by atoms with E-state index in [0.717, 1.165) is 11.1 Å². The third-order valence-corrected chi connectivity index (χ3v) is 5.18. The molecular formula is C25H22Cl2N2O5. The highest BCUT2D eigenvalue weighted by molar-refractivity contribution is 6.36. The van der Waals surface area contributed by atoms with E-state index >= 15 is 0 Å². The second-order valence-electron chi connectivity index (χ2n) is 7.27. The van der Waals surface area contributed by atoms with Crippen LogP contribution in [0.5, 0.6) is 17.2 Å². The quantitative estimate of drug-likeness (QED) is 0.194. The normalized spacial score (nSPS) is 10.7. The highest BCUT2D eigenvalue weighted by atomic mass is 35.5. The van der Waals surface area contributed by atoms with Crippen LogP contribution in [0.2, 0.25) is 10.0 Å². The average molecular weight is 501 g/mol. The second-order valence-corrected chi connectivity index (χ2v) is 8.12. The third kappa shape index (κ3) is 6.73. The van der Waals surface area contributed by atoms with Crippen LogP contribution in [0.4, 0.5) is 0 Å². The van der Waals surface area contributed by atoms with Crippen LogP contribution >= 0.6 is 23.2 Å². The predicted molar refractivity (Wildman–Crippen MR) is 132 cm³/mol. The van der Waals surface area contributed by atoms with Gasteiger partial charge in [0, 0.05) is 5.02 Å². The maximum absolute atomic E-state index is 12.5. The van der Waals surface area contributed by atoms with Crippen molar-refractivity contribution >= 4 is 41.3 Å². The standard InChI is InChI=1S/C25H22Cl2N2O5/c1-15-4-8-21(16(2)10-15)33-14-24(30)29-28-13-17-5-9-22(23(11-17)32-3)34-25(31)19-7-6-18(26)12-20(19)27/h4-13H,14H2,1-3H3,(H,29,30)/b28-13-. The van der Waals surface area contributed by atoms with Gasteiger partial charge < -0.3 is 14.2 Å². The number of amides is 1. The molecule has 3 aromatic carbocycles. The smallest absolute Gasteiger partial charge is 0.345 e. The van der Waals surface area contributed by atoms with Crippen molar-refractivity contribution in [2.45, 2.75) is 13.8 Å². The first-order chi connectivity index (χ1) is 16.3. The summed E-state index contributed by atoms with van der Waals surface area (Å²) in [5, 5.41) is 4.51. The van der Waals surface area contributed by atoms with Crippen LogP contribution in [0.15, 0.2) is 59.7 Å². The molecule has 34 heavy (non-hydrogen) atoms. The summed E-state index contributed by atoms with van der Waals surface area (Å²) in [6, 6.07) is 15.0. The summed E-state index contributed by atoms with van der Waals surface area (Å²) in [6.45, 7) is 3.72. The fourth-order valence-corrected chi connectivity index (χ4v) is 3.46. The first-order valence-corrected chi connectivity index (χ1v) is 10.9. The molecule has 9 heteroatoms. The Morgan fingerprint density at radius 3 is 2.44 bits per heavy atom. The zero-order valence-electron chi connectivity index (χ0n) is 18.7. The van der Waals surface area contributed by atoms with E-state index in [1.54, 1.807) is 24.3 Å². The summed E-state index contributed by atoms with van der Waals surface area (Å²) in [5.41, 5.74) is 5.24. The van der Waals surface area contributed by atoms with Gasteiger partial charge in [-0.2, -0.15) is 5.10 Å². The van der Waals surface area contributed by atoms with E-state index in [1.165, 1.54) is 25.5 Å². The molecule has 0 aliphatic rings. The Morgan fingerprint density at radius 2 is 1.74 bits per heavy atom. The number of aryl methyl sites for hydroxylation is 2. The Balaban J connectivity index is 1.59. The number of nitrogens with one attached hydrogen (secondary N) is 1. The van der Waals surface area contributed by atoms with Crippen LogP contribution in [0, 0.1) is 13.8 Å². The molecule has 3 rings (SSSR count). The van der Waals surface area contributed by atoms with Crippen molar-refractivity contribution in [3.63, 3.8) is 0 Å². The average Bonchev–Trinajstić information content (AvgIpc) is 2.79. The molecule has 1 amide bonds. The molecular weight excluding hydrogens is 479 g/mol. The van der Waals surface area contributed by atoms with Crippen molar-refractivity contribution in [1.82, 2.24) is 5.43 Å². The van der Waals surface area contributed by atoms with Gasteiger partial charge in [-0.15, -0.1) is 0 Å². The van der Waals surface area contributed by atoms with E-state index in [-0.39, 0.29) is 22.9 Å². The number of rotatable bonds is 8. The zero-order valence-corrected chi connectivity index (χ0v) is 20.2. The van der Waals surface area contributed by atoms with Gasteiger partial charge in [-0.1, -0.05) is 40.9 Å². The van der Waals surface area contributed by atoms with Crippen LogP contribution < -0.4 is 19.6 Å². The predicted octanol–water partition coefficient (Wildman–Crippen LogP) is 5.37. The number of esters is 1. The Hall–Kier alpha value is -3.55. The summed E-state index contributed by atoms with van der Waals surface area (Å²) in [5.74, 6) is 0.0685. The lowest BCUT2D eigenvalue weighted by Gasteiger charge is -2.11. The molecule has 0 aliphatic carbocycles. The number of carbonyl (C=O) groups excluding carboxylic acids is 2. The lowest BCUT2D eigenvalue weighted by molar-refractivity contribution is -0.123. The Morgan fingerprint density at radius 1 is 0.971 bits per heavy atom. The molecule has 0 heterocycles. The number of methoxy groups -OCH3 is 1. The molecule has 1 N–H and O–H groups in total. The number of carbonyl (C=O) groups is 2. The highest BCUT2D eigenvalue weighted by Crippen LogP contribution is 2.30. The van der Waals surface area contributed by atoms with Gasteiger partial charge in [0.15, 0.2) is 18.1 Å². The van der Waals surface area contributed by atoms with Gasteiger partial charge in [-0.3, -0.25) is 4.79 Å². The number of hydrogen-bond donors (Lipinski definition) is 1. The SMILES string of the molecule is COc1cc(/C=N\NC(=O)COc2ccc(C)cc2C)ccc1OC(=O)c1ccc(Cl)cc1Cl. The zero-order chi connectivity index (χ0) is 24.7. The van der Waals surface area contributed by atoms with Crippen LogP contribution in [-0.4, -0.2) is 31.8 Å². The molecule has 0 bridgehead atoms. The third-order valence-electron chi connectivity index (χ3n) is 4.63. The molecule has 0 aromatic heterocycles. The summed E-state index contributed by atoms with van der Waals surface area (Å²) < 4.78 is 16.2. The van der Waals surface area contributed by atoms with Gasteiger partial charge in [0.25, 0.3) is 5.91 Å². The van der Waals surface area contributed by atoms with E-state index in [4.69, 9.17) is 37.4 Å². The van der Waals surface area contributed by atoms with Crippen molar-refractivity contribution in [3.8, 4) is 17.2 Å². The molecule has 7 nitrogen and oxygen atoms in total. The summed E-state index contributed by atoms with van der Waals surface area (Å²) in [4.78, 5) is 24.5. The molecule has 0 atom stereocenters. The maximum Gasteiger partial charge on any atom is 0.345 e. The topological polar surface area (TPSA) is 86.2 Å². The minimum atomic E-state index is -0.655. The lowest BCUT2D eigenvalue weighted by Crippen LogP contribution is -2.24. The fraction of sp³-hybridized carbons (Fsp3) is 0.160. The molecule has 0 saturated carbocycles. The molecule has 0 saturated heterocycles. The van der Waals surface area contributed by atoms with Crippen LogP contribution in [0.3, 0.4) is 0 Å². The van der Waals surface area contributed by atoms with Crippen LogP contribution in [-0.2, 0) is 4.79 Å². The van der Waals surface area contributed by atoms with Crippen LogP contribution in [0.1, 0.15) is 27.0 Å². The molecule has 0 spiro atoms. The van der Waals surface area contributed by atoms with Crippen LogP contribution in [0.25, 0.3) is 0 Å². The van der Waals surface area contributed by atoms with Gasteiger partial charge in [-0.25, -0.2) is 10.2 Å². The molecule has 0 aliphatic heterocycles. The van der Waals surface area contributed by atoms with E-state index in [2.05, 4.69) is 10.5 Å².